The third-order valence-electron chi connectivity index (χ3n) is 4.55. The Morgan fingerprint density at radius 2 is 2.08 bits per heavy atom. The lowest BCUT2D eigenvalue weighted by molar-refractivity contribution is -0.121. The summed E-state index contributed by atoms with van der Waals surface area (Å²) >= 11 is 0. The van der Waals surface area contributed by atoms with Gasteiger partial charge in [0.25, 0.3) is 6.43 Å². The number of halogens is 3. The van der Waals surface area contributed by atoms with Gasteiger partial charge < -0.3 is 5.32 Å². The number of piperidine rings is 1. The smallest absolute Gasteiger partial charge is 0.258 e. The van der Waals surface area contributed by atoms with Gasteiger partial charge in [-0.1, -0.05) is 0 Å². The molecule has 2 unspecified atom stereocenters. The Bertz CT molecular complexity index is 754. The van der Waals surface area contributed by atoms with Crippen LogP contribution in [-0.4, -0.2) is 51.7 Å². The first-order valence-corrected chi connectivity index (χ1v) is 7.59. The van der Waals surface area contributed by atoms with Gasteiger partial charge >= 0.3 is 0 Å². The maximum absolute atomic E-state index is 12.6. The number of rotatable bonds is 3. The van der Waals surface area contributed by atoms with E-state index in [-0.39, 0.29) is 24.0 Å². The molecular formula is C14H17ClF2N6O. The van der Waals surface area contributed by atoms with Crippen molar-refractivity contribution >= 4 is 35.3 Å². The van der Waals surface area contributed by atoms with Crippen molar-refractivity contribution in [3.63, 3.8) is 0 Å². The molecule has 2 aliphatic rings. The van der Waals surface area contributed by atoms with E-state index in [2.05, 4.69) is 20.4 Å². The van der Waals surface area contributed by atoms with E-state index >= 15 is 0 Å². The minimum absolute atomic E-state index is 0. The zero-order chi connectivity index (χ0) is 16.0. The second kappa shape index (κ2) is 6.56. The molecule has 4 heterocycles. The van der Waals surface area contributed by atoms with Crippen molar-refractivity contribution in [2.24, 2.45) is 11.8 Å². The van der Waals surface area contributed by atoms with Gasteiger partial charge in [-0.2, -0.15) is 5.10 Å². The fraction of sp³-hybridized carbons (Fsp3) is 0.571. The van der Waals surface area contributed by atoms with Gasteiger partial charge in [-0.15, -0.1) is 12.4 Å². The number of nitrogens with one attached hydrogen (secondary N) is 1. The van der Waals surface area contributed by atoms with E-state index in [1.807, 2.05) is 0 Å². The molecule has 2 atom stereocenters. The normalized spacial score (nSPS) is 23.6. The number of nitrogens with zero attached hydrogens (tertiary/aromatic N) is 5. The molecule has 0 bridgehead atoms. The third kappa shape index (κ3) is 2.93. The average Bonchev–Trinajstić information content (AvgIpc) is 3.12. The fourth-order valence-electron chi connectivity index (χ4n) is 3.37. The second-order valence-corrected chi connectivity index (χ2v) is 6.04. The van der Waals surface area contributed by atoms with Crippen molar-refractivity contribution in [2.75, 3.05) is 24.5 Å². The summed E-state index contributed by atoms with van der Waals surface area (Å²) < 4.78 is 26.3. The zero-order valence-electron chi connectivity index (χ0n) is 12.7. The summed E-state index contributed by atoms with van der Waals surface area (Å²) in [6.45, 7) is 1.80. The minimum atomic E-state index is -2.52. The highest BCUT2D eigenvalue weighted by Gasteiger charge is 2.38. The molecule has 2 aromatic rings. The Balaban J connectivity index is 0.00000169. The molecule has 0 saturated carbocycles. The Morgan fingerprint density at radius 3 is 2.88 bits per heavy atom. The maximum Gasteiger partial charge on any atom is 0.258 e. The molecule has 10 heteroatoms. The predicted octanol–water partition coefficient (Wildman–Crippen LogP) is 1.09. The van der Waals surface area contributed by atoms with Gasteiger partial charge in [0.1, 0.15) is 12.1 Å². The van der Waals surface area contributed by atoms with Gasteiger partial charge in [0.2, 0.25) is 5.91 Å². The van der Waals surface area contributed by atoms with E-state index in [9.17, 15) is 13.6 Å². The van der Waals surface area contributed by atoms with Crippen LogP contribution in [0.3, 0.4) is 0 Å². The van der Waals surface area contributed by atoms with Crippen LogP contribution in [0, 0.1) is 11.8 Å². The lowest BCUT2D eigenvalue weighted by Gasteiger charge is -2.33. The van der Waals surface area contributed by atoms with E-state index in [1.165, 1.54) is 12.4 Å². The minimum Gasteiger partial charge on any atom is -0.316 e. The SMILES string of the molecule is Cl.O=C1CC2CNCC2CN1c1cnc2cnn(CC(F)F)c2n1. The Hall–Kier alpha value is -1.87. The third-order valence-corrected chi connectivity index (χ3v) is 4.55. The van der Waals surface area contributed by atoms with E-state index in [4.69, 9.17) is 0 Å². The molecular weight excluding hydrogens is 342 g/mol. The Labute approximate surface area is 142 Å². The van der Waals surface area contributed by atoms with Crippen molar-refractivity contribution < 1.29 is 13.6 Å². The topological polar surface area (TPSA) is 75.9 Å². The first kappa shape index (κ1) is 17.0. The van der Waals surface area contributed by atoms with Gasteiger partial charge in [0, 0.05) is 13.0 Å². The number of alkyl halides is 2. The van der Waals surface area contributed by atoms with Crippen LogP contribution in [0.25, 0.3) is 11.2 Å². The summed E-state index contributed by atoms with van der Waals surface area (Å²) in [5.74, 6) is 1.18. The van der Waals surface area contributed by atoms with Gasteiger partial charge in [-0.25, -0.2) is 23.4 Å². The monoisotopic (exact) mass is 358 g/mol. The average molecular weight is 359 g/mol. The maximum atomic E-state index is 12.6. The highest BCUT2D eigenvalue weighted by Crippen LogP contribution is 2.30. The molecule has 1 amide bonds. The number of anilines is 1. The van der Waals surface area contributed by atoms with Crippen LogP contribution in [0.5, 0.6) is 0 Å². The van der Waals surface area contributed by atoms with Crippen molar-refractivity contribution in [3.05, 3.63) is 12.4 Å². The summed E-state index contributed by atoms with van der Waals surface area (Å²) in [7, 11) is 0. The molecule has 4 rings (SSSR count). The first-order valence-electron chi connectivity index (χ1n) is 7.59. The van der Waals surface area contributed by atoms with Crippen LogP contribution in [0.1, 0.15) is 6.42 Å². The highest BCUT2D eigenvalue weighted by molar-refractivity contribution is 5.94. The number of fused-ring (bicyclic) bond motifs is 2. The molecule has 2 fully saturated rings. The van der Waals surface area contributed by atoms with Crippen LogP contribution in [0.15, 0.2) is 12.4 Å². The molecule has 1 N–H and O–H groups in total. The Morgan fingerprint density at radius 1 is 1.29 bits per heavy atom. The largest absolute Gasteiger partial charge is 0.316 e. The van der Waals surface area contributed by atoms with Crippen LogP contribution >= 0.6 is 12.4 Å². The second-order valence-electron chi connectivity index (χ2n) is 6.04. The molecule has 0 aromatic carbocycles. The van der Waals surface area contributed by atoms with Crippen molar-refractivity contribution in [1.82, 2.24) is 25.1 Å². The van der Waals surface area contributed by atoms with Gasteiger partial charge in [0.15, 0.2) is 11.5 Å². The summed E-state index contributed by atoms with van der Waals surface area (Å²) in [4.78, 5) is 22.5. The fourth-order valence-corrected chi connectivity index (χ4v) is 3.37. The van der Waals surface area contributed by atoms with Crippen LogP contribution in [0.4, 0.5) is 14.6 Å². The summed E-state index contributed by atoms with van der Waals surface area (Å²) in [6.07, 6.45) is 0.875. The van der Waals surface area contributed by atoms with Crippen molar-refractivity contribution in [3.8, 4) is 0 Å². The van der Waals surface area contributed by atoms with Crippen LogP contribution in [-0.2, 0) is 11.3 Å². The zero-order valence-corrected chi connectivity index (χ0v) is 13.5. The summed E-state index contributed by atoms with van der Waals surface area (Å²) in [5, 5.41) is 7.19. The number of amides is 1. The van der Waals surface area contributed by atoms with Crippen molar-refractivity contribution in [1.29, 1.82) is 0 Å². The van der Waals surface area contributed by atoms with E-state index in [1.54, 1.807) is 4.90 Å². The molecule has 130 valence electrons. The van der Waals surface area contributed by atoms with Gasteiger partial charge in [0.05, 0.1) is 12.4 Å². The predicted molar refractivity (Wildman–Crippen MR) is 85.4 cm³/mol. The van der Waals surface area contributed by atoms with E-state index in [0.29, 0.717) is 36.1 Å². The number of hydrogen-bond acceptors (Lipinski definition) is 5. The molecule has 2 aromatic heterocycles. The molecule has 2 aliphatic heterocycles. The van der Waals surface area contributed by atoms with Crippen LogP contribution < -0.4 is 10.2 Å². The highest BCUT2D eigenvalue weighted by atomic mass is 35.5. The number of carbonyl (C=O) groups is 1. The number of carbonyl (C=O) groups excluding carboxylic acids is 1. The Kier molecular flexibility index (Phi) is 4.64. The van der Waals surface area contributed by atoms with E-state index in [0.717, 1.165) is 17.8 Å². The van der Waals surface area contributed by atoms with E-state index < -0.39 is 13.0 Å². The quantitative estimate of drug-likeness (QED) is 0.888. The standard InChI is InChI=1S/C14H16F2N6O.ClH/c15-11(16)7-22-14-10(4-19-22)18-5-12(20-14)21-6-9-3-17-2-8(9)1-13(21)23;/h4-5,8-9,11,17H,1-3,6-7H2;1H. The molecule has 24 heavy (non-hydrogen) atoms. The van der Waals surface area contributed by atoms with Crippen LogP contribution in [0.2, 0.25) is 0 Å². The van der Waals surface area contributed by atoms with Gasteiger partial charge in [-0.3, -0.25) is 9.69 Å². The van der Waals surface area contributed by atoms with Gasteiger partial charge in [-0.05, 0) is 24.9 Å². The molecule has 0 aliphatic carbocycles. The molecule has 7 nitrogen and oxygen atoms in total. The number of aromatic nitrogens is 4. The lowest BCUT2D eigenvalue weighted by Crippen LogP contribution is -2.44. The molecule has 0 radical (unpaired) electrons. The number of hydrogen-bond donors (Lipinski definition) is 1. The van der Waals surface area contributed by atoms with Crippen molar-refractivity contribution in [2.45, 2.75) is 19.4 Å². The molecule has 2 saturated heterocycles. The molecule has 0 spiro atoms. The lowest BCUT2D eigenvalue weighted by atomic mass is 9.88. The summed E-state index contributed by atoms with van der Waals surface area (Å²) in [5.41, 5.74) is 0.724. The first-order chi connectivity index (χ1) is 11.1. The summed E-state index contributed by atoms with van der Waals surface area (Å²) in [6, 6.07) is 0.